The molecule has 3 aliphatic heterocycles. The molecule has 3 saturated heterocycles. The summed E-state index contributed by atoms with van der Waals surface area (Å²) in [5.41, 5.74) is -1.38. The number of benzene rings is 1. The molecule has 254 valence electrons. The van der Waals surface area contributed by atoms with Crippen molar-refractivity contribution >= 4 is 23.4 Å². The van der Waals surface area contributed by atoms with Crippen LogP contribution in [0.5, 0.6) is 5.75 Å². The molecule has 7 atom stereocenters. The Morgan fingerprint density at radius 1 is 1.09 bits per heavy atom. The summed E-state index contributed by atoms with van der Waals surface area (Å²) in [6.07, 6.45) is 8.53. The molecule has 3 amide bonds. The smallest absolute Gasteiger partial charge is 0.248 e. The molecule has 2 bridgehead atoms. The number of nitrogens with zero attached hydrogens (tertiary/aromatic N) is 3. The van der Waals surface area contributed by atoms with Crippen LogP contribution in [0.25, 0.3) is 0 Å². The molecule has 3 fully saturated rings. The Bertz CT molecular complexity index is 1250. The highest BCUT2D eigenvalue weighted by molar-refractivity contribution is 6.03. The average molecular weight is 638 g/mol. The third kappa shape index (κ3) is 6.13. The van der Waals surface area contributed by atoms with Gasteiger partial charge < -0.3 is 29.3 Å². The number of carbonyl (C=O) groups is 3. The first-order valence-electron chi connectivity index (χ1n) is 17.3. The van der Waals surface area contributed by atoms with Crippen molar-refractivity contribution in [3.63, 3.8) is 0 Å². The fraction of sp³-hybridized carbons (Fsp3) is 0.649. The second kappa shape index (κ2) is 15.2. The summed E-state index contributed by atoms with van der Waals surface area (Å²) in [7, 11) is 0. The van der Waals surface area contributed by atoms with E-state index in [-0.39, 0.29) is 36.8 Å². The van der Waals surface area contributed by atoms with E-state index in [1.807, 2.05) is 52.0 Å². The monoisotopic (exact) mass is 637 g/mol. The van der Waals surface area contributed by atoms with Crippen LogP contribution in [0.2, 0.25) is 0 Å². The summed E-state index contributed by atoms with van der Waals surface area (Å²) >= 11 is 0. The lowest BCUT2D eigenvalue weighted by Crippen LogP contribution is -2.60. The number of ether oxygens (including phenoxy) is 2. The minimum absolute atomic E-state index is 0.0694. The lowest BCUT2D eigenvalue weighted by atomic mass is 9.64. The van der Waals surface area contributed by atoms with Crippen LogP contribution >= 0.6 is 0 Å². The molecule has 0 radical (unpaired) electrons. The zero-order chi connectivity index (χ0) is 33.6. The highest BCUT2D eigenvalue weighted by atomic mass is 16.5. The molecule has 3 heterocycles. The molecular weight excluding hydrogens is 582 g/mol. The van der Waals surface area contributed by atoms with Crippen LogP contribution in [0.4, 0.5) is 5.69 Å². The predicted octanol–water partition coefficient (Wildman–Crippen LogP) is 5.37. The van der Waals surface area contributed by atoms with Crippen LogP contribution in [0.3, 0.4) is 0 Å². The number of amides is 3. The van der Waals surface area contributed by atoms with E-state index in [0.29, 0.717) is 56.8 Å². The summed E-state index contributed by atoms with van der Waals surface area (Å²) in [4.78, 5) is 49.6. The number of anilines is 1. The Morgan fingerprint density at radius 3 is 2.35 bits per heavy atom. The van der Waals surface area contributed by atoms with Crippen molar-refractivity contribution in [3.05, 3.63) is 49.6 Å². The Balaban J connectivity index is 1.83. The molecule has 9 nitrogen and oxygen atoms in total. The van der Waals surface area contributed by atoms with E-state index < -0.39 is 35.1 Å². The predicted molar refractivity (Wildman–Crippen MR) is 180 cm³/mol. The number of likely N-dealkylation sites (tertiary alicyclic amines) is 1. The van der Waals surface area contributed by atoms with Gasteiger partial charge in [-0.2, -0.15) is 0 Å². The van der Waals surface area contributed by atoms with Gasteiger partial charge in [0.1, 0.15) is 17.4 Å². The number of hydrogen-bond donors (Lipinski definition) is 1. The number of carbonyl (C=O) groups excluding carboxylic acids is 3. The molecule has 1 aromatic carbocycles. The van der Waals surface area contributed by atoms with Crippen LogP contribution in [0.15, 0.2) is 49.6 Å². The first-order valence-corrected chi connectivity index (χ1v) is 17.3. The number of unbranched alkanes of at least 4 members (excludes halogenated alkanes) is 2. The molecule has 0 aromatic heterocycles. The number of aliphatic hydroxyl groups is 1. The fourth-order valence-electron chi connectivity index (χ4n) is 8.16. The molecule has 0 aliphatic carbocycles. The fourth-order valence-corrected chi connectivity index (χ4v) is 8.16. The van der Waals surface area contributed by atoms with E-state index >= 15 is 0 Å². The highest BCUT2D eigenvalue weighted by Gasteiger charge is 2.79. The topological polar surface area (TPSA) is 99.6 Å². The van der Waals surface area contributed by atoms with Gasteiger partial charge in [-0.25, -0.2) is 0 Å². The summed E-state index contributed by atoms with van der Waals surface area (Å²) in [6.45, 7) is 19.3. The largest absolute Gasteiger partial charge is 0.494 e. The molecule has 2 unspecified atom stereocenters. The minimum Gasteiger partial charge on any atom is -0.494 e. The van der Waals surface area contributed by atoms with Crippen LogP contribution in [0.1, 0.15) is 79.6 Å². The van der Waals surface area contributed by atoms with Crippen LogP contribution in [-0.2, 0) is 19.1 Å². The number of hydrogen-bond acceptors (Lipinski definition) is 6. The normalized spacial score (nSPS) is 27.7. The third-order valence-electron chi connectivity index (χ3n) is 10.7. The van der Waals surface area contributed by atoms with Crippen molar-refractivity contribution < 1.29 is 29.0 Å². The van der Waals surface area contributed by atoms with Gasteiger partial charge in [0.25, 0.3) is 0 Å². The molecule has 3 aliphatic rings. The highest BCUT2D eigenvalue weighted by Crippen LogP contribution is 2.65. The van der Waals surface area contributed by atoms with Crippen molar-refractivity contribution in [1.29, 1.82) is 0 Å². The van der Waals surface area contributed by atoms with Crippen molar-refractivity contribution in [1.82, 2.24) is 9.80 Å². The maximum absolute atomic E-state index is 14.9. The van der Waals surface area contributed by atoms with E-state index in [0.717, 1.165) is 19.3 Å². The zero-order valence-corrected chi connectivity index (χ0v) is 28.6. The lowest BCUT2D eigenvalue weighted by Gasteiger charge is -2.41. The Labute approximate surface area is 275 Å². The first-order chi connectivity index (χ1) is 22.1. The molecular formula is C37H55N3O6. The van der Waals surface area contributed by atoms with Gasteiger partial charge >= 0.3 is 0 Å². The Hall–Kier alpha value is -3.17. The van der Waals surface area contributed by atoms with Crippen molar-refractivity contribution in [2.45, 2.75) is 103 Å². The van der Waals surface area contributed by atoms with Crippen LogP contribution in [0, 0.1) is 17.8 Å². The van der Waals surface area contributed by atoms with Gasteiger partial charge in [-0.3, -0.25) is 14.4 Å². The van der Waals surface area contributed by atoms with Gasteiger partial charge in [-0.05, 0) is 62.8 Å². The van der Waals surface area contributed by atoms with Gasteiger partial charge in [0.05, 0.1) is 36.7 Å². The number of aliphatic hydroxyl groups excluding tert-OH is 1. The van der Waals surface area contributed by atoms with E-state index in [1.54, 1.807) is 26.9 Å². The van der Waals surface area contributed by atoms with E-state index in [9.17, 15) is 19.5 Å². The summed E-state index contributed by atoms with van der Waals surface area (Å²) in [5.74, 6) is -1.69. The maximum Gasteiger partial charge on any atom is 0.248 e. The van der Waals surface area contributed by atoms with Gasteiger partial charge in [-0.1, -0.05) is 59.1 Å². The van der Waals surface area contributed by atoms with E-state index in [1.165, 1.54) is 0 Å². The van der Waals surface area contributed by atoms with Crippen LogP contribution < -0.4 is 9.64 Å². The summed E-state index contributed by atoms with van der Waals surface area (Å²) < 4.78 is 12.7. The second-order valence-corrected chi connectivity index (χ2v) is 13.2. The standard InChI is InChI=1S/C37H55N3O6/c1-8-14-15-24-38(22-9-2)35(44)32-37-21-20-36(12-5,46-37)30(31(37)34(43)40(32)29(25-41)26(7)11-4)33(42)39(23-10-3)27-16-18-28(19-17-27)45-13-6/h9-10,16-19,26,29-32,41H,2-3,8,11-15,20-25H2,1,4-7H3/t26-,29-,30+,31-,32?,36-,37?/m0/s1. The molecule has 1 N–H and O–H groups in total. The van der Waals surface area contributed by atoms with Gasteiger partial charge in [0.15, 0.2) is 0 Å². The molecule has 46 heavy (non-hydrogen) atoms. The first kappa shape index (κ1) is 35.7. The molecule has 4 rings (SSSR count). The van der Waals surface area contributed by atoms with Crippen molar-refractivity contribution in [3.8, 4) is 5.75 Å². The Kier molecular flexibility index (Phi) is 11.8. The van der Waals surface area contributed by atoms with Gasteiger partial charge in [0, 0.05) is 25.3 Å². The van der Waals surface area contributed by atoms with Gasteiger partial charge in [0.2, 0.25) is 17.7 Å². The average Bonchev–Trinajstić information content (AvgIpc) is 3.67. The maximum atomic E-state index is 14.9. The zero-order valence-electron chi connectivity index (χ0n) is 28.6. The minimum atomic E-state index is -1.17. The third-order valence-corrected chi connectivity index (χ3v) is 10.7. The van der Waals surface area contributed by atoms with E-state index in [4.69, 9.17) is 9.47 Å². The quantitative estimate of drug-likeness (QED) is 0.172. The molecule has 1 aromatic rings. The Morgan fingerprint density at radius 2 is 1.78 bits per heavy atom. The molecule has 9 heteroatoms. The second-order valence-electron chi connectivity index (χ2n) is 13.2. The summed E-state index contributed by atoms with van der Waals surface area (Å²) in [5, 5.41) is 10.7. The van der Waals surface area contributed by atoms with Crippen molar-refractivity contribution in [2.24, 2.45) is 17.8 Å². The lowest BCUT2D eigenvalue weighted by molar-refractivity contribution is -0.157. The van der Waals surface area contributed by atoms with E-state index in [2.05, 4.69) is 20.1 Å². The number of fused-ring (bicyclic) bond motifs is 1. The van der Waals surface area contributed by atoms with Crippen molar-refractivity contribution in [2.75, 3.05) is 37.7 Å². The van der Waals surface area contributed by atoms with Gasteiger partial charge in [-0.15, -0.1) is 13.2 Å². The summed E-state index contributed by atoms with van der Waals surface area (Å²) in [6, 6.07) is 5.83. The molecule has 1 spiro atoms. The SMILES string of the molecule is C=CCN(CCCCC)C(=O)C1N([C@@H](CO)[C@@H](C)CC)C(=O)[C@@H]2[C@H](C(=O)N(CC=C)c3ccc(OCC)cc3)[C@]3(CC)CCC12O3. The molecule has 0 saturated carbocycles. The number of rotatable bonds is 18. The van der Waals surface area contributed by atoms with Crippen LogP contribution in [-0.4, -0.2) is 88.8 Å².